The first-order chi connectivity index (χ1) is 4.88. The Morgan fingerprint density at radius 1 is 1.36 bits per heavy atom. The topological polar surface area (TPSA) is 39.9 Å². The van der Waals surface area contributed by atoms with E-state index in [-0.39, 0.29) is 29.6 Å². The maximum atomic E-state index is 3.86. The van der Waals surface area contributed by atoms with Crippen molar-refractivity contribution >= 4 is 11.0 Å². The van der Waals surface area contributed by atoms with Crippen molar-refractivity contribution in [3.63, 3.8) is 0 Å². The van der Waals surface area contributed by atoms with Crippen LogP contribution in [0.3, 0.4) is 0 Å². The van der Waals surface area contributed by atoms with Gasteiger partial charge in [-0.25, -0.2) is 0 Å². The maximum absolute atomic E-state index is 3.86. The molecule has 3 nitrogen and oxygen atoms in total. The summed E-state index contributed by atoms with van der Waals surface area (Å²) < 4.78 is 0. The minimum absolute atomic E-state index is 0. The first-order valence-corrected chi connectivity index (χ1v) is 3.09. The molecule has 0 atom stereocenters. The standard InChI is InChI=1S/C7H6N3.Na/c1-5-3-2-4-6-7(5)9-10-8-6;/h2-4H,1H3;/q-1;+1. The van der Waals surface area contributed by atoms with Gasteiger partial charge in [0.15, 0.2) is 0 Å². The van der Waals surface area contributed by atoms with Gasteiger partial charge in [-0.1, -0.05) is 18.2 Å². The number of aromatic nitrogens is 3. The monoisotopic (exact) mass is 155 g/mol. The van der Waals surface area contributed by atoms with Gasteiger partial charge in [0.05, 0.1) is 0 Å². The van der Waals surface area contributed by atoms with Crippen LogP contribution in [0.4, 0.5) is 0 Å². The first kappa shape index (κ1) is 8.71. The molecule has 0 amide bonds. The molecule has 0 aliphatic carbocycles. The summed E-state index contributed by atoms with van der Waals surface area (Å²) in [5.41, 5.74) is 2.91. The fourth-order valence-corrected chi connectivity index (χ4v) is 0.970. The summed E-state index contributed by atoms with van der Waals surface area (Å²) in [6.45, 7) is 2.00. The van der Waals surface area contributed by atoms with Crippen LogP contribution in [-0.4, -0.2) is 10.3 Å². The predicted molar refractivity (Wildman–Crippen MR) is 37.6 cm³/mol. The first-order valence-electron chi connectivity index (χ1n) is 3.09. The second kappa shape index (κ2) is 3.34. The fraction of sp³-hybridized carbons (Fsp3) is 0.143. The van der Waals surface area contributed by atoms with E-state index in [1.54, 1.807) is 0 Å². The van der Waals surface area contributed by atoms with E-state index in [1.165, 1.54) is 0 Å². The summed E-state index contributed by atoms with van der Waals surface area (Å²) in [4.78, 5) is 0. The van der Waals surface area contributed by atoms with Crippen molar-refractivity contribution in [2.75, 3.05) is 0 Å². The summed E-state index contributed by atoms with van der Waals surface area (Å²) in [6, 6.07) is 5.86. The molecular formula is C7H6N3Na. The van der Waals surface area contributed by atoms with Gasteiger partial charge in [0.1, 0.15) is 0 Å². The van der Waals surface area contributed by atoms with E-state index in [4.69, 9.17) is 0 Å². The average molecular weight is 155 g/mol. The predicted octanol–water partition coefficient (Wildman–Crippen LogP) is -2.10. The van der Waals surface area contributed by atoms with Crippen LogP contribution in [0.1, 0.15) is 5.56 Å². The molecule has 1 heterocycles. The van der Waals surface area contributed by atoms with Crippen molar-refractivity contribution in [1.29, 1.82) is 0 Å². The van der Waals surface area contributed by atoms with Crippen LogP contribution in [-0.2, 0) is 0 Å². The Bertz CT molecular complexity index is 355. The van der Waals surface area contributed by atoms with Gasteiger partial charge in [0.2, 0.25) is 0 Å². The van der Waals surface area contributed by atoms with Gasteiger partial charge in [-0.15, -0.1) is 0 Å². The fourth-order valence-electron chi connectivity index (χ4n) is 0.970. The molecule has 0 radical (unpaired) electrons. The normalized spacial score (nSPS) is 9.55. The summed E-state index contributed by atoms with van der Waals surface area (Å²) in [5, 5.41) is 11.2. The van der Waals surface area contributed by atoms with Gasteiger partial charge in [-0.2, -0.15) is 0 Å². The molecule has 0 N–H and O–H groups in total. The molecule has 11 heavy (non-hydrogen) atoms. The molecule has 4 heteroatoms. The summed E-state index contributed by atoms with van der Waals surface area (Å²) in [6.07, 6.45) is 0. The summed E-state index contributed by atoms with van der Waals surface area (Å²) >= 11 is 0. The van der Waals surface area contributed by atoms with Crippen LogP contribution in [0.2, 0.25) is 0 Å². The number of hydrogen-bond acceptors (Lipinski definition) is 2. The molecule has 2 rings (SSSR count). The van der Waals surface area contributed by atoms with E-state index in [9.17, 15) is 0 Å². The third-order valence-corrected chi connectivity index (χ3v) is 1.51. The van der Waals surface area contributed by atoms with Gasteiger partial charge in [-0.3, -0.25) is 5.21 Å². The average Bonchev–Trinajstić information content (AvgIpc) is 2.36. The Balaban J connectivity index is 0.000000605. The minimum Gasteiger partial charge on any atom is -0.350 e. The Hall–Kier alpha value is -0.380. The molecule has 0 bridgehead atoms. The second-order valence-corrected chi connectivity index (χ2v) is 2.23. The van der Waals surface area contributed by atoms with Crippen molar-refractivity contribution in [3.05, 3.63) is 23.8 Å². The van der Waals surface area contributed by atoms with Gasteiger partial charge < -0.3 is 10.2 Å². The number of hydrogen-bond donors (Lipinski definition) is 0. The number of benzene rings is 1. The van der Waals surface area contributed by atoms with Crippen LogP contribution in [0.15, 0.2) is 18.2 Å². The largest absolute Gasteiger partial charge is 1.00 e. The number of aryl methyl sites for hydroxylation is 1. The molecule has 0 aliphatic heterocycles. The Labute approximate surface area is 86.5 Å². The van der Waals surface area contributed by atoms with Crippen LogP contribution < -0.4 is 34.7 Å². The smallest absolute Gasteiger partial charge is 0.350 e. The van der Waals surface area contributed by atoms with Crippen molar-refractivity contribution in [1.82, 2.24) is 15.4 Å². The van der Waals surface area contributed by atoms with E-state index < -0.39 is 0 Å². The molecule has 0 aliphatic rings. The van der Waals surface area contributed by atoms with Crippen molar-refractivity contribution in [3.8, 4) is 0 Å². The number of nitrogens with zero attached hydrogens (tertiary/aromatic N) is 3. The number of fused-ring (bicyclic) bond motifs is 1. The Morgan fingerprint density at radius 2 is 2.18 bits per heavy atom. The van der Waals surface area contributed by atoms with Gasteiger partial charge in [0.25, 0.3) is 0 Å². The summed E-state index contributed by atoms with van der Waals surface area (Å²) in [7, 11) is 0. The molecule has 0 unspecified atom stereocenters. The molecule has 1 aromatic carbocycles. The third kappa shape index (κ3) is 1.45. The van der Waals surface area contributed by atoms with E-state index in [0.717, 1.165) is 16.6 Å². The van der Waals surface area contributed by atoms with E-state index in [1.807, 2.05) is 25.1 Å². The SMILES string of the molecule is Cc1cccc2[n-]nnc12.[Na+]. The summed E-state index contributed by atoms with van der Waals surface area (Å²) in [5.74, 6) is 0. The maximum Gasteiger partial charge on any atom is 1.00 e. The molecular weight excluding hydrogens is 149 g/mol. The van der Waals surface area contributed by atoms with Crippen molar-refractivity contribution < 1.29 is 29.6 Å². The quantitative estimate of drug-likeness (QED) is 0.409. The molecule has 2 aromatic rings. The molecule has 1 aromatic heterocycles. The molecule has 0 fully saturated rings. The zero-order valence-corrected chi connectivity index (χ0v) is 8.57. The van der Waals surface area contributed by atoms with E-state index in [0.29, 0.717) is 0 Å². The van der Waals surface area contributed by atoms with Crippen LogP contribution in [0, 0.1) is 6.92 Å². The van der Waals surface area contributed by atoms with Crippen LogP contribution in [0.5, 0.6) is 0 Å². The second-order valence-electron chi connectivity index (χ2n) is 2.23. The molecule has 50 valence electrons. The van der Waals surface area contributed by atoms with E-state index >= 15 is 0 Å². The van der Waals surface area contributed by atoms with Crippen molar-refractivity contribution in [2.24, 2.45) is 0 Å². The molecule has 0 saturated carbocycles. The number of rotatable bonds is 0. The zero-order valence-electron chi connectivity index (χ0n) is 6.57. The molecule has 0 saturated heterocycles. The van der Waals surface area contributed by atoms with Gasteiger partial charge in [-0.05, 0) is 23.5 Å². The van der Waals surface area contributed by atoms with Crippen LogP contribution >= 0.6 is 0 Å². The third-order valence-electron chi connectivity index (χ3n) is 1.51. The van der Waals surface area contributed by atoms with Crippen LogP contribution in [0.25, 0.3) is 11.0 Å². The zero-order chi connectivity index (χ0) is 6.97. The Morgan fingerprint density at radius 3 is 2.91 bits per heavy atom. The van der Waals surface area contributed by atoms with E-state index in [2.05, 4.69) is 15.4 Å². The van der Waals surface area contributed by atoms with Crippen molar-refractivity contribution in [2.45, 2.75) is 6.92 Å². The molecule has 0 spiro atoms. The van der Waals surface area contributed by atoms with Gasteiger partial charge in [0, 0.05) is 0 Å². The Kier molecular flexibility index (Phi) is 2.65. The minimum atomic E-state index is 0. The van der Waals surface area contributed by atoms with Gasteiger partial charge >= 0.3 is 29.6 Å².